The topological polar surface area (TPSA) is 72.9 Å². The summed E-state index contributed by atoms with van der Waals surface area (Å²) in [6.45, 7) is 5.97. The molecule has 2 aliphatic heterocycles. The average Bonchev–Trinajstić information content (AvgIpc) is 3.25. The van der Waals surface area contributed by atoms with Gasteiger partial charge in [-0.2, -0.15) is 0 Å². The molecule has 32 heavy (non-hydrogen) atoms. The van der Waals surface area contributed by atoms with Crippen molar-refractivity contribution in [3.8, 4) is 0 Å². The van der Waals surface area contributed by atoms with Gasteiger partial charge in [-0.15, -0.1) is 24.0 Å². The van der Waals surface area contributed by atoms with E-state index in [1.54, 1.807) is 6.20 Å². The van der Waals surface area contributed by atoms with E-state index >= 15 is 0 Å². The van der Waals surface area contributed by atoms with Crippen LogP contribution in [0.3, 0.4) is 0 Å². The molecule has 2 aliphatic rings. The van der Waals surface area contributed by atoms with Gasteiger partial charge in [-0.25, -0.2) is 9.98 Å². The Balaban J connectivity index is 0.00000289. The second-order valence-electron chi connectivity index (χ2n) is 7.91. The van der Waals surface area contributed by atoms with Gasteiger partial charge >= 0.3 is 0 Å². The molecule has 0 bridgehead atoms. The van der Waals surface area contributed by atoms with Gasteiger partial charge in [-0.05, 0) is 43.0 Å². The van der Waals surface area contributed by atoms with Gasteiger partial charge in [-0.1, -0.05) is 35.9 Å². The van der Waals surface area contributed by atoms with E-state index in [0.717, 1.165) is 44.8 Å². The molecular weight excluding hydrogens is 539 g/mol. The molecule has 1 fully saturated rings. The number of halogens is 2. The van der Waals surface area contributed by atoms with Crippen LogP contribution in [0.5, 0.6) is 0 Å². The lowest BCUT2D eigenvalue weighted by atomic mass is 10.00. The number of pyridine rings is 1. The van der Waals surface area contributed by atoms with Crippen LogP contribution in [0.1, 0.15) is 24.5 Å². The number of carbonyl (C=O) groups is 1. The van der Waals surface area contributed by atoms with Gasteiger partial charge in [0.15, 0.2) is 5.96 Å². The third kappa shape index (κ3) is 6.04. The van der Waals surface area contributed by atoms with Gasteiger partial charge in [0.05, 0.1) is 5.02 Å². The minimum atomic E-state index is 0. The van der Waals surface area contributed by atoms with Gasteiger partial charge in [0, 0.05) is 45.0 Å². The summed E-state index contributed by atoms with van der Waals surface area (Å²) in [5.74, 6) is 1.54. The lowest BCUT2D eigenvalue weighted by molar-refractivity contribution is -0.130. The van der Waals surface area contributed by atoms with Crippen molar-refractivity contribution in [2.24, 2.45) is 4.99 Å². The van der Waals surface area contributed by atoms with E-state index in [2.05, 4.69) is 43.7 Å². The zero-order valence-electron chi connectivity index (χ0n) is 18.3. The monoisotopic (exact) mass is 568 g/mol. The van der Waals surface area contributed by atoms with Crippen LogP contribution in [-0.4, -0.2) is 60.5 Å². The lowest BCUT2D eigenvalue weighted by Gasteiger charge is -2.28. The first-order valence-corrected chi connectivity index (χ1v) is 11.3. The summed E-state index contributed by atoms with van der Waals surface area (Å²) in [4.78, 5) is 25.8. The molecule has 7 nitrogen and oxygen atoms in total. The van der Waals surface area contributed by atoms with Gasteiger partial charge in [0.1, 0.15) is 12.4 Å². The molecular formula is C23H30ClIN6O. The Bertz CT molecular complexity index is 956. The number of amides is 1. The maximum absolute atomic E-state index is 12.8. The number of hydrogen-bond acceptors (Lipinski definition) is 4. The fraction of sp³-hybridized carbons (Fsp3) is 0.435. The molecule has 172 valence electrons. The molecule has 2 N–H and O–H groups in total. The second-order valence-corrected chi connectivity index (χ2v) is 8.32. The fourth-order valence-corrected chi connectivity index (χ4v) is 4.39. The van der Waals surface area contributed by atoms with Crippen molar-refractivity contribution < 1.29 is 4.79 Å². The molecule has 1 atom stereocenters. The maximum Gasteiger partial charge on any atom is 0.244 e. The summed E-state index contributed by atoms with van der Waals surface area (Å²) in [6.07, 6.45) is 3.62. The van der Waals surface area contributed by atoms with Crippen molar-refractivity contribution in [2.45, 2.75) is 32.4 Å². The quantitative estimate of drug-likeness (QED) is 0.330. The number of nitrogens with one attached hydrogen (secondary N) is 2. The highest BCUT2D eigenvalue weighted by Gasteiger charge is 2.26. The molecule has 0 aliphatic carbocycles. The van der Waals surface area contributed by atoms with Crippen LogP contribution in [0.25, 0.3) is 0 Å². The predicted molar refractivity (Wildman–Crippen MR) is 140 cm³/mol. The Morgan fingerprint density at radius 1 is 1.22 bits per heavy atom. The van der Waals surface area contributed by atoms with Gasteiger partial charge in [-0.3, -0.25) is 4.79 Å². The first-order valence-electron chi connectivity index (χ1n) is 10.9. The zero-order valence-corrected chi connectivity index (χ0v) is 21.3. The summed E-state index contributed by atoms with van der Waals surface area (Å²) in [6, 6.07) is 12.2. The molecule has 4 rings (SSSR count). The number of fused-ring (bicyclic) bond motifs is 1. The smallest absolute Gasteiger partial charge is 0.244 e. The molecule has 0 saturated carbocycles. The molecule has 3 heterocycles. The number of carbonyl (C=O) groups excluding carboxylic acids is 1. The van der Waals surface area contributed by atoms with E-state index in [-0.39, 0.29) is 42.5 Å². The van der Waals surface area contributed by atoms with E-state index in [1.807, 2.05) is 30.0 Å². The van der Waals surface area contributed by atoms with Gasteiger partial charge < -0.3 is 20.4 Å². The summed E-state index contributed by atoms with van der Waals surface area (Å²) in [7, 11) is 0. The maximum atomic E-state index is 12.8. The Morgan fingerprint density at radius 2 is 2.03 bits per heavy atom. The van der Waals surface area contributed by atoms with Crippen LogP contribution in [-0.2, 0) is 17.8 Å². The summed E-state index contributed by atoms with van der Waals surface area (Å²) < 4.78 is 0. The van der Waals surface area contributed by atoms with E-state index in [4.69, 9.17) is 11.6 Å². The minimum absolute atomic E-state index is 0. The van der Waals surface area contributed by atoms with Crippen LogP contribution >= 0.6 is 35.6 Å². The molecule has 9 heteroatoms. The van der Waals surface area contributed by atoms with Crippen LogP contribution in [0.4, 0.5) is 5.82 Å². The van der Waals surface area contributed by atoms with Gasteiger partial charge in [0.25, 0.3) is 0 Å². The lowest BCUT2D eigenvalue weighted by Crippen LogP contribution is -2.45. The second kappa shape index (κ2) is 11.7. The third-order valence-corrected chi connectivity index (χ3v) is 6.06. The van der Waals surface area contributed by atoms with Gasteiger partial charge in [0.2, 0.25) is 5.91 Å². The molecule has 0 spiro atoms. The van der Waals surface area contributed by atoms with Crippen molar-refractivity contribution in [2.75, 3.05) is 37.6 Å². The number of hydrogen-bond donors (Lipinski definition) is 2. The van der Waals surface area contributed by atoms with Crippen molar-refractivity contribution >= 4 is 53.3 Å². The highest BCUT2D eigenvalue weighted by molar-refractivity contribution is 14.0. The number of rotatable bonds is 5. The highest BCUT2D eigenvalue weighted by atomic mass is 127. The standard InChI is InChI=1S/C23H29ClN6O.HI/c1-2-25-23(28-19-10-13-30(16-19)22-20(24)8-5-11-26-22)27-14-21(31)29-12-9-17-6-3-4-7-18(17)15-29;/h3-8,11,19H,2,9-10,12-16H2,1H3,(H2,25,27,28);1H. The number of guanidine groups is 1. The third-order valence-electron chi connectivity index (χ3n) is 5.77. The predicted octanol–water partition coefficient (Wildman–Crippen LogP) is 3.07. The summed E-state index contributed by atoms with van der Waals surface area (Å²) in [5, 5.41) is 7.39. The molecule has 1 saturated heterocycles. The van der Waals surface area contributed by atoms with Crippen LogP contribution < -0.4 is 15.5 Å². The van der Waals surface area contributed by atoms with E-state index in [1.165, 1.54) is 11.1 Å². The van der Waals surface area contributed by atoms with E-state index in [9.17, 15) is 4.79 Å². The van der Waals surface area contributed by atoms with Crippen LogP contribution in [0.2, 0.25) is 5.02 Å². The Kier molecular flexibility index (Phi) is 8.98. The van der Waals surface area contributed by atoms with E-state index < -0.39 is 0 Å². The van der Waals surface area contributed by atoms with Crippen molar-refractivity contribution in [3.05, 3.63) is 58.7 Å². The zero-order chi connectivity index (χ0) is 21.6. The van der Waals surface area contributed by atoms with E-state index in [0.29, 0.717) is 17.5 Å². The average molecular weight is 569 g/mol. The summed E-state index contributed by atoms with van der Waals surface area (Å²) >= 11 is 6.29. The van der Waals surface area contributed by atoms with Crippen LogP contribution in [0.15, 0.2) is 47.6 Å². The van der Waals surface area contributed by atoms with Crippen molar-refractivity contribution in [3.63, 3.8) is 0 Å². The molecule has 1 amide bonds. The normalized spacial score (nSPS) is 18.1. The minimum Gasteiger partial charge on any atom is -0.357 e. The first-order chi connectivity index (χ1) is 15.1. The Morgan fingerprint density at radius 3 is 2.81 bits per heavy atom. The molecule has 1 unspecified atom stereocenters. The summed E-state index contributed by atoms with van der Waals surface area (Å²) in [5.41, 5.74) is 2.57. The number of aliphatic imine (C=N–C) groups is 1. The van der Waals surface area contributed by atoms with Crippen molar-refractivity contribution in [1.82, 2.24) is 20.5 Å². The number of aromatic nitrogens is 1. The SMILES string of the molecule is CCNC(=NCC(=O)N1CCc2ccccc2C1)NC1CCN(c2ncccc2Cl)C1.I. The number of benzene rings is 1. The number of anilines is 1. The Labute approximate surface area is 211 Å². The molecule has 2 aromatic rings. The highest BCUT2D eigenvalue weighted by Crippen LogP contribution is 2.25. The Hall–Kier alpha value is -2.07. The fourth-order valence-electron chi connectivity index (χ4n) is 4.15. The van der Waals surface area contributed by atoms with Crippen molar-refractivity contribution in [1.29, 1.82) is 0 Å². The largest absolute Gasteiger partial charge is 0.357 e. The first kappa shape index (κ1) is 24.6. The van der Waals surface area contributed by atoms with Crippen LogP contribution in [0, 0.1) is 0 Å². The number of nitrogens with zero attached hydrogens (tertiary/aromatic N) is 4. The molecule has 1 aromatic heterocycles. The molecule has 1 aromatic carbocycles. The molecule has 0 radical (unpaired) electrons.